The van der Waals surface area contributed by atoms with Crippen LogP contribution in [0.2, 0.25) is 5.02 Å². The lowest BCUT2D eigenvalue weighted by molar-refractivity contribution is 1.02. The maximum atomic E-state index is 8.52. The van der Waals surface area contributed by atoms with Gasteiger partial charge in [0, 0.05) is 16.3 Å². The summed E-state index contributed by atoms with van der Waals surface area (Å²) < 4.78 is 0. The van der Waals surface area contributed by atoms with Crippen molar-refractivity contribution in [2.75, 3.05) is 0 Å². The second-order valence-corrected chi connectivity index (χ2v) is 3.56. The first-order valence-corrected chi connectivity index (χ1v) is 4.84. The molecular formula is C11H8ClN3. The minimum Gasteiger partial charge on any atom is -0.281 e. The quantitative estimate of drug-likeness (QED) is 0.841. The van der Waals surface area contributed by atoms with Crippen LogP contribution < -0.4 is 0 Å². The van der Waals surface area contributed by atoms with Crippen LogP contribution >= 0.6 is 11.6 Å². The van der Waals surface area contributed by atoms with E-state index in [4.69, 9.17) is 16.9 Å². The lowest BCUT2D eigenvalue weighted by Gasteiger charge is -1.95. The number of nitrogens with one attached hydrogen (secondary N) is 1. The van der Waals surface area contributed by atoms with Crippen molar-refractivity contribution >= 4 is 11.6 Å². The maximum absolute atomic E-state index is 8.52. The Morgan fingerprint density at radius 2 is 2.27 bits per heavy atom. The van der Waals surface area contributed by atoms with Crippen LogP contribution in [0, 0.1) is 11.3 Å². The van der Waals surface area contributed by atoms with E-state index in [1.165, 1.54) is 0 Å². The van der Waals surface area contributed by atoms with Crippen LogP contribution in [-0.2, 0) is 6.42 Å². The molecule has 0 atom stereocenters. The molecule has 0 fully saturated rings. The third-order valence-electron chi connectivity index (χ3n) is 2.02. The number of aromatic amines is 1. The van der Waals surface area contributed by atoms with Gasteiger partial charge in [0.05, 0.1) is 18.2 Å². The Hall–Kier alpha value is -1.79. The Balaban J connectivity index is 2.34. The fraction of sp³-hybridized carbons (Fsp3) is 0.0909. The zero-order valence-electron chi connectivity index (χ0n) is 7.87. The number of benzene rings is 1. The highest BCUT2D eigenvalue weighted by molar-refractivity contribution is 6.30. The van der Waals surface area contributed by atoms with Crippen molar-refractivity contribution in [2.24, 2.45) is 0 Å². The molecule has 1 heterocycles. The molecule has 0 aliphatic carbocycles. The van der Waals surface area contributed by atoms with Crippen molar-refractivity contribution in [1.82, 2.24) is 10.2 Å². The SMILES string of the molecule is N#CCc1cc(-c2cccc(Cl)c2)n[nH]1. The first-order chi connectivity index (χ1) is 7.29. The average Bonchev–Trinajstić information content (AvgIpc) is 2.67. The second kappa shape index (κ2) is 4.16. The van der Waals surface area contributed by atoms with Crippen LogP contribution in [0.5, 0.6) is 0 Å². The van der Waals surface area contributed by atoms with E-state index in [-0.39, 0.29) is 0 Å². The van der Waals surface area contributed by atoms with E-state index in [2.05, 4.69) is 16.3 Å². The van der Waals surface area contributed by atoms with Crippen LogP contribution in [-0.4, -0.2) is 10.2 Å². The van der Waals surface area contributed by atoms with Gasteiger partial charge in [0.2, 0.25) is 0 Å². The lowest BCUT2D eigenvalue weighted by Crippen LogP contribution is -1.78. The van der Waals surface area contributed by atoms with Crippen LogP contribution in [0.15, 0.2) is 30.3 Å². The molecule has 0 bridgehead atoms. The fourth-order valence-electron chi connectivity index (χ4n) is 1.33. The van der Waals surface area contributed by atoms with Gasteiger partial charge < -0.3 is 0 Å². The van der Waals surface area contributed by atoms with Gasteiger partial charge >= 0.3 is 0 Å². The summed E-state index contributed by atoms with van der Waals surface area (Å²) in [6, 6.07) is 11.4. The predicted octanol–water partition coefficient (Wildman–Crippen LogP) is 2.80. The normalized spacial score (nSPS) is 9.87. The number of halogens is 1. The predicted molar refractivity (Wildman–Crippen MR) is 58.4 cm³/mol. The smallest absolute Gasteiger partial charge is 0.0924 e. The van der Waals surface area contributed by atoms with Crippen molar-refractivity contribution in [3.63, 3.8) is 0 Å². The Morgan fingerprint density at radius 1 is 1.40 bits per heavy atom. The van der Waals surface area contributed by atoms with E-state index in [1.807, 2.05) is 30.3 Å². The molecule has 1 aromatic carbocycles. The van der Waals surface area contributed by atoms with Gasteiger partial charge in [-0.25, -0.2) is 0 Å². The molecule has 4 heteroatoms. The van der Waals surface area contributed by atoms with Crippen LogP contribution in [0.25, 0.3) is 11.3 Å². The largest absolute Gasteiger partial charge is 0.281 e. The van der Waals surface area contributed by atoms with Crippen molar-refractivity contribution in [3.05, 3.63) is 41.0 Å². The molecule has 0 amide bonds. The summed E-state index contributed by atoms with van der Waals surface area (Å²) in [4.78, 5) is 0. The lowest BCUT2D eigenvalue weighted by atomic mass is 10.1. The number of aromatic nitrogens is 2. The summed E-state index contributed by atoms with van der Waals surface area (Å²) in [5, 5.41) is 16.1. The van der Waals surface area contributed by atoms with E-state index in [0.717, 1.165) is 17.0 Å². The van der Waals surface area contributed by atoms with E-state index < -0.39 is 0 Å². The van der Waals surface area contributed by atoms with Crippen LogP contribution in [0.1, 0.15) is 5.69 Å². The van der Waals surface area contributed by atoms with Crippen LogP contribution in [0.4, 0.5) is 0 Å². The number of rotatable bonds is 2. The average molecular weight is 218 g/mol. The first-order valence-electron chi connectivity index (χ1n) is 4.47. The molecular weight excluding hydrogens is 210 g/mol. The summed E-state index contributed by atoms with van der Waals surface area (Å²) in [5.74, 6) is 0. The third-order valence-corrected chi connectivity index (χ3v) is 2.26. The zero-order valence-corrected chi connectivity index (χ0v) is 8.62. The number of nitriles is 1. The molecule has 15 heavy (non-hydrogen) atoms. The second-order valence-electron chi connectivity index (χ2n) is 3.12. The molecule has 0 radical (unpaired) electrons. The highest BCUT2D eigenvalue weighted by Gasteiger charge is 2.03. The highest BCUT2D eigenvalue weighted by Crippen LogP contribution is 2.21. The van der Waals surface area contributed by atoms with Gasteiger partial charge in [-0.1, -0.05) is 23.7 Å². The topological polar surface area (TPSA) is 52.5 Å². The minimum atomic E-state index is 0.341. The fourth-order valence-corrected chi connectivity index (χ4v) is 1.52. The Labute approximate surface area is 92.3 Å². The molecule has 1 aromatic heterocycles. The summed E-state index contributed by atoms with van der Waals surface area (Å²) in [5.41, 5.74) is 2.57. The molecule has 2 rings (SSSR count). The zero-order chi connectivity index (χ0) is 10.7. The van der Waals surface area contributed by atoms with E-state index in [0.29, 0.717) is 11.4 Å². The maximum Gasteiger partial charge on any atom is 0.0924 e. The Kier molecular flexibility index (Phi) is 2.70. The van der Waals surface area contributed by atoms with Gasteiger partial charge in [-0.2, -0.15) is 10.4 Å². The molecule has 1 N–H and O–H groups in total. The molecule has 74 valence electrons. The molecule has 0 aliphatic heterocycles. The Morgan fingerprint density at radius 3 is 3.00 bits per heavy atom. The van der Waals surface area contributed by atoms with Crippen molar-refractivity contribution in [3.8, 4) is 17.3 Å². The van der Waals surface area contributed by atoms with E-state index in [9.17, 15) is 0 Å². The van der Waals surface area contributed by atoms with Crippen molar-refractivity contribution < 1.29 is 0 Å². The van der Waals surface area contributed by atoms with Gasteiger partial charge in [-0.15, -0.1) is 0 Å². The summed E-state index contributed by atoms with van der Waals surface area (Å²) in [6.45, 7) is 0. The molecule has 0 saturated heterocycles. The van der Waals surface area contributed by atoms with Gasteiger partial charge in [-0.05, 0) is 18.2 Å². The molecule has 2 aromatic rings. The molecule has 0 spiro atoms. The molecule has 0 aliphatic rings. The Bertz CT molecular complexity index is 511. The number of nitrogens with zero attached hydrogens (tertiary/aromatic N) is 2. The summed E-state index contributed by atoms with van der Waals surface area (Å²) in [6.07, 6.45) is 0.341. The standard InChI is InChI=1S/C11H8ClN3/c12-9-3-1-2-8(6-9)11-7-10(4-5-13)14-15-11/h1-3,6-7H,4H2,(H,14,15). The van der Waals surface area contributed by atoms with E-state index in [1.54, 1.807) is 0 Å². The van der Waals surface area contributed by atoms with Crippen molar-refractivity contribution in [2.45, 2.75) is 6.42 Å². The number of H-pyrrole nitrogens is 1. The van der Waals surface area contributed by atoms with E-state index >= 15 is 0 Å². The first kappa shape index (κ1) is 9.75. The van der Waals surface area contributed by atoms with Gasteiger partial charge in [0.15, 0.2) is 0 Å². The third kappa shape index (κ3) is 2.17. The minimum absolute atomic E-state index is 0.341. The molecule has 0 saturated carbocycles. The molecule has 0 unspecified atom stereocenters. The van der Waals surface area contributed by atoms with Gasteiger partial charge in [-0.3, -0.25) is 5.10 Å². The van der Waals surface area contributed by atoms with Crippen molar-refractivity contribution in [1.29, 1.82) is 5.26 Å². The molecule has 3 nitrogen and oxygen atoms in total. The number of hydrogen-bond donors (Lipinski definition) is 1. The highest BCUT2D eigenvalue weighted by atomic mass is 35.5. The summed E-state index contributed by atoms with van der Waals surface area (Å²) >= 11 is 5.87. The van der Waals surface area contributed by atoms with Crippen LogP contribution in [0.3, 0.4) is 0 Å². The summed E-state index contributed by atoms with van der Waals surface area (Å²) in [7, 11) is 0. The monoisotopic (exact) mass is 217 g/mol. The number of hydrogen-bond acceptors (Lipinski definition) is 2. The van der Waals surface area contributed by atoms with Gasteiger partial charge in [0.25, 0.3) is 0 Å². The van der Waals surface area contributed by atoms with Gasteiger partial charge in [0.1, 0.15) is 0 Å².